The molecule has 0 fully saturated rings. The van der Waals surface area contributed by atoms with Crippen LogP contribution in [0, 0.1) is 13.8 Å². The molecule has 0 aliphatic heterocycles. The van der Waals surface area contributed by atoms with Gasteiger partial charge in [0.15, 0.2) is 0 Å². The van der Waals surface area contributed by atoms with Gasteiger partial charge in [-0.3, -0.25) is 4.79 Å². The number of carbonyl (C=O) groups excluding carboxylic acids is 1. The second kappa shape index (κ2) is 5.47. The van der Waals surface area contributed by atoms with Gasteiger partial charge in [-0.15, -0.1) is 11.3 Å². The summed E-state index contributed by atoms with van der Waals surface area (Å²) in [5.74, 6) is -0.169. The maximum absolute atomic E-state index is 12.3. The minimum atomic E-state index is -0.169. The number of anilines is 1. The molecule has 2 aromatic heterocycles. The van der Waals surface area contributed by atoms with Crippen molar-refractivity contribution in [1.82, 2.24) is 4.98 Å². The van der Waals surface area contributed by atoms with E-state index < -0.39 is 0 Å². The highest BCUT2D eigenvalue weighted by Crippen LogP contribution is 2.32. The van der Waals surface area contributed by atoms with E-state index in [0.29, 0.717) is 10.6 Å². The van der Waals surface area contributed by atoms with Crippen LogP contribution >= 0.6 is 22.9 Å². The number of halogens is 1. The monoisotopic (exact) mass is 316 g/mol. The summed E-state index contributed by atoms with van der Waals surface area (Å²) in [5, 5.41) is 6.41. The van der Waals surface area contributed by atoms with Gasteiger partial charge >= 0.3 is 0 Å². The summed E-state index contributed by atoms with van der Waals surface area (Å²) in [6.07, 6.45) is 0. The van der Waals surface area contributed by atoms with Crippen molar-refractivity contribution in [1.29, 1.82) is 0 Å². The van der Waals surface area contributed by atoms with Crippen LogP contribution in [0.2, 0.25) is 5.02 Å². The summed E-state index contributed by atoms with van der Waals surface area (Å²) < 4.78 is 0. The first-order valence-electron chi connectivity index (χ1n) is 6.47. The van der Waals surface area contributed by atoms with Crippen molar-refractivity contribution in [2.75, 3.05) is 5.32 Å². The zero-order chi connectivity index (χ0) is 15.0. The van der Waals surface area contributed by atoms with Gasteiger partial charge in [0.25, 0.3) is 5.91 Å². The molecular formula is C16H13ClN2OS. The average Bonchev–Trinajstić information content (AvgIpc) is 2.81. The van der Waals surface area contributed by atoms with Crippen LogP contribution in [-0.2, 0) is 0 Å². The van der Waals surface area contributed by atoms with Crippen LogP contribution in [0.4, 0.5) is 5.69 Å². The number of aromatic nitrogens is 1. The van der Waals surface area contributed by atoms with Gasteiger partial charge in [0, 0.05) is 27.0 Å². The SMILES string of the molecule is Cc1cc(C)c2c(NC(=O)c3cccc(Cl)c3)csc2n1. The smallest absolute Gasteiger partial charge is 0.255 e. The van der Waals surface area contributed by atoms with Gasteiger partial charge in [-0.05, 0) is 43.7 Å². The third-order valence-corrected chi connectivity index (χ3v) is 4.31. The van der Waals surface area contributed by atoms with Crippen molar-refractivity contribution >= 4 is 44.7 Å². The third-order valence-electron chi connectivity index (χ3n) is 3.20. The van der Waals surface area contributed by atoms with Gasteiger partial charge in [-0.25, -0.2) is 4.98 Å². The molecule has 1 aromatic carbocycles. The van der Waals surface area contributed by atoms with Crippen LogP contribution in [0.3, 0.4) is 0 Å². The molecule has 1 N–H and O–H groups in total. The molecule has 0 spiro atoms. The zero-order valence-electron chi connectivity index (χ0n) is 11.6. The fourth-order valence-corrected chi connectivity index (χ4v) is 3.49. The van der Waals surface area contributed by atoms with E-state index in [1.807, 2.05) is 25.3 Å². The number of hydrogen-bond donors (Lipinski definition) is 1. The molecule has 0 bridgehead atoms. The molecule has 106 valence electrons. The number of amides is 1. The van der Waals surface area contributed by atoms with Gasteiger partial charge in [0.1, 0.15) is 4.83 Å². The number of fused-ring (bicyclic) bond motifs is 1. The Labute approximate surface area is 131 Å². The predicted molar refractivity (Wildman–Crippen MR) is 88.5 cm³/mol. The maximum atomic E-state index is 12.3. The number of nitrogens with zero attached hydrogens (tertiary/aromatic N) is 1. The van der Waals surface area contributed by atoms with Gasteiger partial charge in [-0.1, -0.05) is 17.7 Å². The van der Waals surface area contributed by atoms with E-state index in [4.69, 9.17) is 11.6 Å². The largest absolute Gasteiger partial charge is 0.321 e. The third kappa shape index (κ3) is 2.77. The lowest BCUT2D eigenvalue weighted by Gasteiger charge is -2.06. The molecule has 0 saturated carbocycles. The lowest BCUT2D eigenvalue weighted by molar-refractivity contribution is 0.102. The van der Waals surface area contributed by atoms with E-state index in [9.17, 15) is 4.79 Å². The van der Waals surface area contributed by atoms with Crippen LogP contribution in [0.5, 0.6) is 0 Å². The standard InChI is InChI=1S/C16H13ClN2OS/c1-9-6-10(2)18-16-14(9)13(8-21-16)19-15(20)11-4-3-5-12(17)7-11/h3-8H,1-2H3,(H,19,20). The Morgan fingerprint density at radius 3 is 2.86 bits per heavy atom. The highest BCUT2D eigenvalue weighted by atomic mass is 35.5. The van der Waals surface area contributed by atoms with Crippen molar-refractivity contribution in [2.24, 2.45) is 0 Å². The molecule has 1 amide bonds. The van der Waals surface area contributed by atoms with Crippen LogP contribution in [0.1, 0.15) is 21.6 Å². The number of pyridine rings is 1. The molecule has 0 radical (unpaired) electrons. The normalized spacial score (nSPS) is 10.8. The van der Waals surface area contributed by atoms with E-state index in [1.165, 1.54) is 11.3 Å². The van der Waals surface area contributed by atoms with Crippen LogP contribution in [0.15, 0.2) is 35.7 Å². The molecule has 5 heteroatoms. The molecule has 0 saturated heterocycles. The lowest BCUT2D eigenvalue weighted by Crippen LogP contribution is -2.11. The van der Waals surface area contributed by atoms with E-state index in [2.05, 4.69) is 10.3 Å². The summed E-state index contributed by atoms with van der Waals surface area (Å²) in [7, 11) is 0. The molecular weight excluding hydrogens is 304 g/mol. The van der Waals surface area contributed by atoms with E-state index in [-0.39, 0.29) is 5.91 Å². The van der Waals surface area contributed by atoms with Crippen molar-refractivity contribution in [3.63, 3.8) is 0 Å². The number of hydrogen-bond acceptors (Lipinski definition) is 3. The number of nitrogens with one attached hydrogen (secondary N) is 1. The minimum Gasteiger partial charge on any atom is -0.321 e. The highest BCUT2D eigenvalue weighted by Gasteiger charge is 2.13. The molecule has 0 aliphatic carbocycles. The van der Waals surface area contributed by atoms with Crippen LogP contribution < -0.4 is 5.32 Å². The molecule has 21 heavy (non-hydrogen) atoms. The average molecular weight is 317 g/mol. The summed E-state index contributed by atoms with van der Waals surface area (Å²) >= 11 is 7.45. The molecule has 0 unspecified atom stereocenters. The molecule has 3 nitrogen and oxygen atoms in total. The van der Waals surface area contributed by atoms with Crippen molar-refractivity contribution in [3.8, 4) is 0 Å². The Morgan fingerprint density at radius 2 is 2.10 bits per heavy atom. The molecule has 0 atom stereocenters. The Bertz CT molecular complexity index is 841. The first-order chi connectivity index (χ1) is 10.0. The number of aryl methyl sites for hydroxylation is 2. The molecule has 0 aliphatic rings. The van der Waals surface area contributed by atoms with Gasteiger partial charge < -0.3 is 5.32 Å². The number of rotatable bonds is 2. The van der Waals surface area contributed by atoms with Gasteiger partial charge in [0.2, 0.25) is 0 Å². The predicted octanol–water partition coefficient (Wildman–Crippen LogP) is 4.82. The molecule has 3 rings (SSSR count). The molecule has 2 heterocycles. The van der Waals surface area contributed by atoms with E-state index in [1.54, 1.807) is 24.3 Å². The Balaban J connectivity index is 1.97. The fourth-order valence-electron chi connectivity index (χ4n) is 2.31. The number of thiophene rings is 1. The number of benzene rings is 1. The van der Waals surface area contributed by atoms with Crippen LogP contribution in [-0.4, -0.2) is 10.9 Å². The minimum absolute atomic E-state index is 0.169. The highest BCUT2D eigenvalue weighted by molar-refractivity contribution is 7.17. The van der Waals surface area contributed by atoms with Crippen molar-refractivity contribution in [3.05, 3.63) is 57.6 Å². The topological polar surface area (TPSA) is 42.0 Å². The first kappa shape index (κ1) is 14.0. The lowest BCUT2D eigenvalue weighted by atomic mass is 10.1. The van der Waals surface area contributed by atoms with Crippen molar-refractivity contribution in [2.45, 2.75) is 13.8 Å². The number of carbonyl (C=O) groups is 1. The van der Waals surface area contributed by atoms with Gasteiger partial charge in [-0.2, -0.15) is 0 Å². The first-order valence-corrected chi connectivity index (χ1v) is 7.73. The van der Waals surface area contributed by atoms with Crippen LogP contribution in [0.25, 0.3) is 10.2 Å². The summed E-state index contributed by atoms with van der Waals surface area (Å²) in [6, 6.07) is 8.92. The summed E-state index contributed by atoms with van der Waals surface area (Å²) in [5.41, 5.74) is 3.43. The van der Waals surface area contributed by atoms with Crippen molar-refractivity contribution < 1.29 is 4.79 Å². The van der Waals surface area contributed by atoms with Gasteiger partial charge in [0.05, 0.1) is 5.69 Å². The maximum Gasteiger partial charge on any atom is 0.255 e. The van der Waals surface area contributed by atoms with E-state index in [0.717, 1.165) is 27.2 Å². The second-order valence-corrected chi connectivity index (χ2v) is 6.17. The summed E-state index contributed by atoms with van der Waals surface area (Å²) in [4.78, 5) is 17.7. The summed E-state index contributed by atoms with van der Waals surface area (Å²) in [6.45, 7) is 4.00. The van der Waals surface area contributed by atoms with E-state index >= 15 is 0 Å². The fraction of sp³-hybridized carbons (Fsp3) is 0.125. The molecule has 3 aromatic rings. The second-order valence-electron chi connectivity index (χ2n) is 4.87. The Kier molecular flexibility index (Phi) is 3.66. The Morgan fingerprint density at radius 1 is 1.29 bits per heavy atom. The quantitative estimate of drug-likeness (QED) is 0.736. The zero-order valence-corrected chi connectivity index (χ0v) is 13.2. The Hall–Kier alpha value is -1.91.